The first-order valence-electron chi connectivity index (χ1n) is 7.57. The van der Waals surface area contributed by atoms with Crippen molar-refractivity contribution in [3.8, 4) is 11.3 Å². The molecule has 3 aromatic rings. The van der Waals surface area contributed by atoms with Crippen LogP contribution in [0.4, 0.5) is 0 Å². The molecule has 0 aliphatic carbocycles. The zero-order valence-electron chi connectivity index (χ0n) is 13.8. The number of aryl methyl sites for hydroxylation is 3. The molecule has 3 heteroatoms. The Balaban J connectivity index is 2.33. The van der Waals surface area contributed by atoms with Crippen LogP contribution in [0.2, 0.25) is 0 Å². The lowest BCUT2D eigenvalue weighted by Crippen LogP contribution is -2.04. The zero-order chi connectivity index (χ0) is 16.6. The van der Waals surface area contributed by atoms with Gasteiger partial charge >= 0.3 is 5.97 Å². The highest BCUT2D eigenvalue weighted by Gasteiger charge is 2.16. The van der Waals surface area contributed by atoms with E-state index in [1.165, 1.54) is 12.7 Å². The lowest BCUT2D eigenvalue weighted by Gasteiger charge is -2.11. The summed E-state index contributed by atoms with van der Waals surface area (Å²) >= 11 is 0. The summed E-state index contributed by atoms with van der Waals surface area (Å²) in [7, 11) is 1.41. The minimum atomic E-state index is -0.337. The molecule has 0 N–H and O–H groups in total. The Morgan fingerprint density at radius 3 is 2.30 bits per heavy atom. The molecular formula is C20H19NO2. The molecular weight excluding hydrogens is 286 g/mol. The van der Waals surface area contributed by atoms with Crippen LogP contribution in [0, 0.1) is 20.8 Å². The van der Waals surface area contributed by atoms with Crippen molar-refractivity contribution in [3.63, 3.8) is 0 Å². The van der Waals surface area contributed by atoms with Gasteiger partial charge in [0.25, 0.3) is 0 Å². The number of esters is 1. The second-order valence-corrected chi connectivity index (χ2v) is 5.89. The van der Waals surface area contributed by atoms with Gasteiger partial charge in [-0.25, -0.2) is 9.78 Å². The van der Waals surface area contributed by atoms with Gasteiger partial charge < -0.3 is 4.74 Å². The Hall–Kier alpha value is -2.68. The van der Waals surface area contributed by atoms with E-state index >= 15 is 0 Å². The normalized spacial score (nSPS) is 10.8. The van der Waals surface area contributed by atoms with Crippen LogP contribution in [0.5, 0.6) is 0 Å². The Morgan fingerprint density at radius 2 is 1.65 bits per heavy atom. The van der Waals surface area contributed by atoms with E-state index in [2.05, 4.69) is 6.07 Å². The third kappa shape index (κ3) is 2.82. The Kier molecular flexibility index (Phi) is 3.87. The van der Waals surface area contributed by atoms with Gasteiger partial charge in [-0.1, -0.05) is 41.5 Å². The van der Waals surface area contributed by atoms with Crippen molar-refractivity contribution in [2.24, 2.45) is 0 Å². The monoisotopic (exact) mass is 305 g/mol. The van der Waals surface area contributed by atoms with Crippen molar-refractivity contribution in [3.05, 3.63) is 64.7 Å². The topological polar surface area (TPSA) is 39.2 Å². The summed E-state index contributed by atoms with van der Waals surface area (Å²) < 4.78 is 4.97. The third-order valence-corrected chi connectivity index (χ3v) is 4.00. The van der Waals surface area contributed by atoms with E-state index in [9.17, 15) is 4.79 Å². The number of rotatable bonds is 2. The van der Waals surface area contributed by atoms with Crippen molar-refractivity contribution >= 4 is 16.9 Å². The highest BCUT2D eigenvalue weighted by atomic mass is 16.5. The standard InChI is InChI=1S/C20H19NO2/c1-12-5-7-15(8-6-12)18-11-17(20(22)23-4)16-10-13(2)9-14(3)19(16)21-18/h5-11H,1-4H3. The molecule has 1 aromatic heterocycles. The van der Waals surface area contributed by atoms with Crippen molar-refractivity contribution in [2.45, 2.75) is 20.8 Å². The molecule has 0 aliphatic heterocycles. The SMILES string of the molecule is COC(=O)c1cc(-c2ccc(C)cc2)nc2c(C)cc(C)cc12. The van der Waals surface area contributed by atoms with Gasteiger partial charge in [0, 0.05) is 10.9 Å². The molecule has 0 radical (unpaired) electrons. The van der Waals surface area contributed by atoms with Crippen molar-refractivity contribution < 1.29 is 9.53 Å². The highest BCUT2D eigenvalue weighted by molar-refractivity contribution is 6.05. The van der Waals surface area contributed by atoms with Crippen LogP contribution in [0.1, 0.15) is 27.0 Å². The quantitative estimate of drug-likeness (QED) is 0.649. The van der Waals surface area contributed by atoms with Crippen LogP contribution in [0.25, 0.3) is 22.2 Å². The first-order chi connectivity index (χ1) is 11.0. The molecule has 0 amide bonds. The van der Waals surface area contributed by atoms with Gasteiger partial charge in [0.05, 0.1) is 23.9 Å². The average molecular weight is 305 g/mol. The third-order valence-electron chi connectivity index (χ3n) is 4.00. The first kappa shape index (κ1) is 15.2. The first-order valence-corrected chi connectivity index (χ1v) is 7.57. The van der Waals surface area contributed by atoms with E-state index in [1.54, 1.807) is 0 Å². The molecule has 0 atom stereocenters. The van der Waals surface area contributed by atoms with Gasteiger partial charge in [-0.3, -0.25) is 0 Å². The summed E-state index contributed by atoms with van der Waals surface area (Å²) in [6.45, 7) is 6.08. The lowest BCUT2D eigenvalue weighted by atomic mass is 9.99. The molecule has 2 aromatic carbocycles. The summed E-state index contributed by atoms with van der Waals surface area (Å²) in [5.74, 6) is -0.337. The van der Waals surface area contributed by atoms with E-state index in [0.717, 1.165) is 33.3 Å². The number of nitrogens with zero attached hydrogens (tertiary/aromatic N) is 1. The van der Waals surface area contributed by atoms with E-state index < -0.39 is 0 Å². The minimum Gasteiger partial charge on any atom is -0.465 e. The summed E-state index contributed by atoms with van der Waals surface area (Å²) in [6.07, 6.45) is 0. The highest BCUT2D eigenvalue weighted by Crippen LogP contribution is 2.28. The van der Waals surface area contributed by atoms with Gasteiger partial charge in [0.2, 0.25) is 0 Å². The number of ether oxygens (including phenoxy) is 1. The van der Waals surface area contributed by atoms with E-state index in [4.69, 9.17) is 9.72 Å². The fraction of sp³-hybridized carbons (Fsp3) is 0.200. The second kappa shape index (κ2) is 5.84. The molecule has 0 unspecified atom stereocenters. The largest absolute Gasteiger partial charge is 0.465 e. The predicted octanol–water partition coefficient (Wildman–Crippen LogP) is 4.61. The van der Waals surface area contributed by atoms with Crippen molar-refractivity contribution in [1.82, 2.24) is 4.98 Å². The van der Waals surface area contributed by atoms with Gasteiger partial charge in [-0.15, -0.1) is 0 Å². The van der Waals surface area contributed by atoms with Gasteiger partial charge in [-0.2, -0.15) is 0 Å². The molecule has 0 saturated carbocycles. The molecule has 1 heterocycles. The zero-order valence-corrected chi connectivity index (χ0v) is 13.8. The molecule has 0 spiro atoms. The molecule has 0 saturated heterocycles. The number of benzene rings is 2. The Bertz CT molecular complexity index is 896. The maximum absolute atomic E-state index is 12.2. The maximum Gasteiger partial charge on any atom is 0.338 e. The molecule has 0 aliphatic rings. The summed E-state index contributed by atoms with van der Waals surface area (Å²) in [5, 5.41) is 0.838. The number of carbonyl (C=O) groups excluding carboxylic acids is 1. The Morgan fingerprint density at radius 1 is 0.957 bits per heavy atom. The molecule has 3 nitrogen and oxygen atoms in total. The van der Waals surface area contributed by atoms with Gasteiger partial charge in [0.15, 0.2) is 0 Å². The number of hydrogen-bond acceptors (Lipinski definition) is 3. The molecule has 0 fully saturated rings. The number of aromatic nitrogens is 1. The Labute approximate surface area is 135 Å². The van der Waals surface area contributed by atoms with E-state index in [0.29, 0.717) is 5.56 Å². The number of pyridine rings is 1. The lowest BCUT2D eigenvalue weighted by molar-refractivity contribution is 0.0603. The number of methoxy groups -OCH3 is 1. The second-order valence-electron chi connectivity index (χ2n) is 5.89. The van der Waals surface area contributed by atoms with Crippen LogP contribution in [-0.2, 0) is 4.74 Å². The number of fused-ring (bicyclic) bond motifs is 1. The molecule has 23 heavy (non-hydrogen) atoms. The fourth-order valence-corrected chi connectivity index (χ4v) is 2.83. The van der Waals surface area contributed by atoms with Crippen LogP contribution in [-0.4, -0.2) is 18.1 Å². The fourth-order valence-electron chi connectivity index (χ4n) is 2.83. The van der Waals surface area contributed by atoms with Gasteiger partial charge in [0.1, 0.15) is 0 Å². The number of hydrogen-bond donors (Lipinski definition) is 0. The van der Waals surface area contributed by atoms with Crippen molar-refractivity contribution in [1.29, 1.82) is 0 Å². The molecule has 0 bridgehead atoms. The van der Waals surface area contributed by atoms with Gasteiger partial charge in [-0.05, 0) is 38.5 Å². The van der Waals surface area contributed by atoms with E-state index in [1.807, 2.05) is 57.2 Å². The van der Waals surface area contributed by atoms with Crippen LogP contribution < -0.4 is 0 Å². The average Bonchev–Trinajstić information content (AvgIpc) is 2.54. The smallest absolute Gasteiger partial charge is 0.338 e. The summed E-state index contributed by atoms with van der Waals surface area (Å²) in [6, 6.07) is 14.0. The van der Waals surface area contributed by atoms with Crippen LogP contribution in [0.15, 0.2) is 42.5 Å². The summed E-state index contributed by atoms with van der Waals surface area (Å²) in [5.41, 5.74) is 6.51. The van der Waals surface area contributed by atoms with E-state index in [-0.39, 0.29) is 5.97 Å². The van der Waals surface area contributed by atoms with Crippen LogP contribution in [0.3, 0.4) is 0 Å². The summed E-state index contributed by atoms with van der Waals surface area (Å²) in [4.78, 5) is 17.0. The van der Waals surface area contributed by atoms with Crippen LogP contribution >= 0.6 is 0 Å². The maximum atomic E-state index is 12.2. The van der Waals surface area contributed by atoms with Crippen molar-refractivity contribution in [2.75, 3.05) is 7.11 Å². The predicted molar refractivity (Wildman–Crippen MR) is 92.7 cm³/mol. The minimum absolute atomic E-state index is 0.337. The molecule has 116 valence electrons. The number of carbonyl (C=O) groups is 1. The molecule has 3 rings (SSSR count).